The van der Waals surface area contributed by atoms with Crippen molar-refractivity contribution in [2.45, 2.75) is 58.0 Å². The molecule has 238 valence electrons. The smallest absolute Gasteiger partial charge is 0.253 e. The Bertz CT molecular complexity index is 1250. The van der Waals surface area contributed by atoms with Crippen molar-refractivity contribution in [3.63, 3.8) is 0 Å². The third-order valence-corrected chi connectivity index (χ3v) is 9.34. The number of likely N-dealkylation sites (N-methyl/N-ethyl adjacent to an activating group) is 1. The SMILES string of the molecule is CNC(C)(C(N)=O)[C@@H](C(=O)N1CCN(C(=O)c2ccc3c(c2)cc(C)n3CCOCCOCCO)CC1)C1CCCCC1. The van der Waals surface area contributed by atoms with Crippen molar-refractivity contribution >= 4 is 28.6 Å². The molecule has 4 rings (SSSR count). The summed E-state index contributed by atoms with van der Waals surface area (Å²) in [5, 5.41) is 12.8. The molecule has 1 aromatic heterocycles. The molecule has 0 bridgehead atoms. The van der Waals surface area contributed by atoms with Gasteiger partial charge in [-0.1, -0.05) is 19.3 Å². The number of primary amides is 1. The molecule has 4 N–H and O–H groups in total. The zero-order valence-corrected chi connectivity index (χ0v) is 26.0. The summed E-state index contributed by atoms with van der Waals surface area (Å²) >= 11 is 0. The predicted molar refractivity (Wildman–Crippen MR) is 165 cm³/mol. The van der Waals surface area contributed by atoms with Crippen LogP contribution in [0.4, 0.5) is 0 Å². The largest absolute Gasteiger partial charge is 0.394 e. The molecule has 1 aliphatic carbocycles. The highest BCUT2D eigenvalue weighted by Gasteiger charge is 2.49. The van der Waals surface area contributed by atoms with E-state index in [0.717, 1.165) is 48.7 Å². The van der Waals surface area contributed by atoms with Gasteiger partial charge in [0, 0.05) is 54.9 Å². The fraction of sp³-hybridized carbons (Fsp3) is 0.656. The minimum absolute atomic E-state index is 0.00459. The number of carbonyl (C=O) groups excluding carboxylic acids is 3. The molecule has 2 fully saturated rings. The average Bonchev–Trinajstić information content (AvgIpc) is 3.34. The normalized spacial score (nSPS) is 18.5. The first-order valence-electron chi connectivity index (χ1n) is 15.6. The van der Waals surface area contributed by atoms with Crippen LogP contribution >= 0.6 is 0 Å². The monoisotopic (exact) mass is 599 g/mol. The number of aryl methyl sites for hydroxylation is 1. The molecule has 2 aliphatic rings. The summed E-state index contributed by atoms with van der Waals surface area (Å²) in [6, 6.07) is 7.87. The van der Waals surface area contributed by atoms with Gasteiger partial charge < -0.3 is 40.0 Å². The minimum Gasteiger partial charge on any atom is -0.394 e. The van der Waals surface area contributed by atoms with Crippen molar-refractivity contribution in [3.8, 4) is 0 Å². The van der Waals surface area contributed by atoms with E-state index < -0.39 is 17.4 Å². The third-order valence-electron chi connectivity index (χ3n) is 9.34. The van der Waals surface area contributed by atoms with E-state index in [1.165, 1.54) is 0 Å². The fourth-order valence-corrected chi connectivity index (χ4v) is 6.71. The molecule has 0 spiro atoms. The van der Waals surface area contributed by atoms with Crippen molar-refractivity contribution in [1.29, 1.82) is 0 Å². The Labute approximate surface area is 254 Å². The number of rotatable bonds is 14. The highest BCUT2D eigenvalue weighted by molar-refractivity contribution is 5.98. The second-order valence-electron chi connectivity index (χ2n) is 12.0. The van der Waals surface area contributed by atoms with E-state index in [1.54, 1.807) is 14.0 Å². The summed E-state index contributed by atoms with van der Waals surface area (Å²) in [7, 11) is 1.70. The van der Waals surface area contributed by atoms with Crippen LogP contribution in [0.2, 0.25) is 0 Å². The average molecular weight is 600 g/mol. The molecular formula is C32H49N5O6. The van der Waals surface area contributed by atoms with Crippen LogP contribution in [-0.2, 0) is 25.6 Å². The number of fused-ring (bicyclic) bond motifs is 1. The lowest BCUT2D eigenvalue weighted by Crippen LogP contribution is -2.64. The summed E-state index contributed by atoms with van der Waals surface area (Å²) in [5.41, 5.74) is 7.46. The molecule has 2 atom stereocenters. The van der Waals surface area contributed by atoms with E-state index in [1.807, 2.05) is 34.9 Å². The van der Waals surface area contributed by atoms with Gasteiger partial charge in [0.1, 0.15) is 5.54 Å². The molecule has 1 saturated carbocycles. The van der Waals surface area contributed by atoms with Gasteiger partial charge in [-0.15, -0.1) is 0 Å². The number of amides is 3. The second-order valence-corrected chi connectivity index (χ2v) is 12.0. The Morgan fingerprint density at radius 2 is 1.65 bits per heavy atom. The molecule has 11 heteroatoms. The van der Waals surface area contributed by atoms with Crippen LogP contribution in [0.1, 0.15) is 55.1 Å². The first-order chi connectivity index (χ1) is 20.7. The summed E-state index contributed by atoms with van der Waals surface area (Å²) in [4.78, 5) is 43.6. The van der Waals surface area contributed by atoms with Gasteiger partial charge >= 0.3 is 0 Å². The maximum atomic E-state index is 13.9. The molecule has 2 heterocycles. The molecule has 3 amide bonds. The number of ether oxygens (including phenoxy) is 2. The molecule has 1 unspecified atom stereocenters. The van der Waals surface area contributed by atoms with Crippen molar-refractivity contribution in [3.05, 3.63) is 35.5 Å². The van der Waals surface area contributed by atoms with E-state index >= 15 is 0 Å². The standard InChI is InChI=1S/C32H49N5O6/c1-23-21-26-22-25(9-10-27(26)37(23)15-17-42-19-20-43-18-16-38)29(39)35-11-13-36(14-12-35)30(40)28(24-7-5-4-6-8-24)32(2,34-3)31(33)41/h9-10,21-22,24,28,34,38H,4-8,11-20H2,1-3H3,(H2,33,41)/t28-,32?/m1/s1. The highest BCUT2D eigenvalue weighted by atomic mass is 16.5. The molecular weight excluding hydrogens is 550 g/mol. The van der Waals surface area contributed by atoms with Crippen LogP contribution < -0.4 is 11.1 Å². The Morgan fingerprint density at radius 1 is 1.00 bits per heavy atom. The number of piperazine rings is 1. The van der Waals surface area contributed by atoms with Crippen molar-refractivity contribution in [2.75, 3.05) is 66.3 Å². The Kier molecular flexibility index (Phi) is 11.6. The zero-order valence-electron chi connectivity index (χ0n) is 26.0. The number of hydrogen-bond donors (Lipinski definition) is 3. The molecule has 0 radical (unpaired) electrons. The zero-order chi connectivity index (χ0) is 31.0. The van der Waals surface area contributed by atoms with Gasteiger partial charge in [-0.2, -0.15) is 0 Å². The lowest BCUT2D eigenvalue weighted by Gasteiger charge is -2.44. The van der Waals surface area contributed by atoms with Crippen molar-refractivity contribution in [1.82, 2.24) is 19.7 Å². The van der Waals surface area contributed by atoms with Crippen LogP contribution in [0.25, 0.3) is 10.9 Å². The first-order valence-corrected chi connectivity index (χ1v) is 15.6. The quantitative estimate of drug-likeness (QED) is 0.282. The molecule has 1 aliphatic heterocycles. The molecule has 2 aromatic rings. The molecule has 1 saturated heterocycles. The number of carbonyl (C=O) groups is 3. The number of aromatic nitrogens is 1. The summed E-state index contributed by atoms with van der Waals surface area (Å²) in [5.74, 6) is -1.03. The molecule has 43 heavy (non-hydrogen) atoms. The van der Waals surface area contributed by atoms with Gasteiger partial charge in [0.05, 0.1) is 39.0 Å². The van der Waals surface area contributed by atoms with E-state index in [9.17, 15) is 14.4 Å². The Hall–Kier alpha value is -2.99. The highest BCUT2D eigenvalue weighted by Crippen LogP contribution is 2.37. The van der Waals surface area contributed by atoms with Gasteiger partial charge in [-0.05, 0) is 63.9 Å². The second kappa shape index (κ2) is 15.1. The maximum absolute atomic E-state index is 13.9. The fourth-order valence-electron chi connectivity index (χ4n) is 6.71. The molecule has 11 nitrogen and oxygen atoms in total. The van der Waals surface area contributed by atoms with Crippen LogP contribution in [0.3, 0.4) is 0 Å². The number of nitrogens with one attached hydrogen (secondary N) is 1. The number of benzene rings is 1. The van der Waals surface area contributed by atoms with Crippen LogP contribution in [0.5, 0.6) is 0 Å². The van der Waals surface area contributed by atoms with Gasteiger partial charge in [-0.25, -0.2) is 0 Å². The minimum atomic E-state index is -1.13. The van der Waals surface area contributed by atoms with E-state index in [0.29, 0.717) is 64.7 Å². The summed E-state index contributed by atoms with van der Waals surface area (Å²) < 4.78 is 13.1. The summed E-state index contributed by atoms with van der Waals surface area (Å²) in [6.45, 7) is 7.97. The number of nitrogens with two attached hydrogens (primary N) is 1. The first kappa shape index (κ1) is 32.9. The van der Waals surface area contributed by atoms with Gasteiger partial charge in [0.25, 0.3) is 5.91 Å². The summed E-state index contributed by atoms with van der Waals surface area (Å²) in [6.07, 6.45) is 5.08. The lowest BCUT2D eigenvalue weighted by atomic mass is 9.69. The number of aliphatic hydroxyl groups is 1. The Morgan fingerprint density at radius 3 is 2.28 bits per heavy atom. The van der Waals surface area contributed by atoms with Crippen molar-refractivity contribution < 1.29 is 29.0 Å². The third kappa shape index (κ3) is 7.57. The van der Waals surface area contributed by atoms with E-state index in [4.69, 9.17) is 20.3 Å². The van der Waals surface area contributed by atoms with Gasteiger partial charge in [-0.3, -0.25) is 14.4 Å². The predicted octanol–water partition coefficient (Wildman–Crippen LogP) is 1.92. The molecule has 1 aromatic carbocycles. The van der Waals surface area contributed by atoms with Crippen LogP contribution in [0.15, 0.2) is 24.3 Å². The number of aliphatic hydroxyl groups excluding tert-OH is 1. The van der Waals surface area contributed by atoms with E-state index in [2.05, 4.69) is 16.0 Å². The lowest BCUT2D eigenvalue weighted by molar-refractivity contribution is -0.147. The topological polar surface area (TPSA) is 139 Å². The van der Waals surface area contributed by atoms with Crippen molar-refractivity contribution in [2.24, 2.45) is 17.6 Å². The van der Waals surface area contributed by atoms with Crippen LogP contribution in [-0.4, -0.2) is 109 Å². The van der Waals surface area contributed by atoms with Gasteiger partial charge in [0.2, 0.25) is 11.8 Å². The van der Waals surface area contributed by atoms with E-state index in [-0.39, 0.29) is 24.3 Å². The van der Waals surface area contributed by atoms with Crippen LogP contribution in [0, 0.1) is 18.8 Å². The number of nitrogens with zero attached hydrogens (tertiary/aromatic N) is 3. The Balaban J connectivity index is 1.37. The number of hydrogen-bond acceptors (Lipinski definition) is 7. The van der Waals surface area contributed by atoms with Gasteiger partial charge in [0.15, 0.2) is 0 Å². The maximum Gasteiger partial charge on any atom is 0.253 e.